The number of rotatable bonds is 9. The van der Waals surface area contributed by atoms with Gasteiger partial charge in [-0.2, -0.15) is 0 Å². The summed E-state index contributed by atoms with van der Waals surface area (Å²) in [6.45, 7) is 11.0. The number of likely N-dealkylation sites (tertiary alicyclic amines) is 1. The highest BCUT2D eigenvalue weighted by molar-refractivity contribution is 6.00. The average Bonchev–Trinajstić information content (AvgIpc) is 3.00. The van der Waals surface area contributed by atoms with Crippen LogP contribution in [0.4, 0.5) is 0 Å². The topological polar surface area (TPSA) is 91.5 Å². The minimum absolute atomic E-state index is 0.0320. The van der Waals surface area contributed by atoms with E-state index in [2.05, 4.69) is 17.2 Å². The van der Waals surface area contributed by atoms with Crippen molar-refractivity contribution in [3.8, 4) is 0 Å². The minimum atomic E-state index is -0.422. The summed E-state index contributed by atoms with van der Waals surface area (Å²) in [7, 11) is 0. The highest BCUT2D eigenvalue weighted by Gasteiger charge is 2.31. The summed E-state index contributed by atoms with van der Waals surface area (Å²) in [5.74, 6) is -0.742. The van der Waals surface area contributed by atoms with Crippen molar-refractivity contribution in [1.29, 1.82) is 0 Å². The summed E-state index contributed by atoms with van der Waals surface area (Å²) in [6, 6.07) is 0. The number of esters is 1. The van der Waals surface area contributed by atoms with Crippen molar-refractivity contribution >= 4 is 17.8 Å². The van der Waals surface area contributed by atoms with Crippen LogP contribution in [0.2, 0.25) is 0 Å². The summed E-state index contributed by atoms with van der Waals surface area (Å²) in [5.41, 5.74) is 2.06. The number of carbonyl (C=O) groups excluding carboxylic acids is 3. The molecule has 7 nitrogen and oxygen atoms in total. The molecular weight excluding hydrogens is 382 g/mol. The van der Waals surface area contributed by atoms with E-state index in [4.69, 9.17) is 4.74 Å². The lowest BCUT2D eigenvalue weighted by Crippen LogP contribution is -2.45. The monoisotopic (exact) mass is 419 g/mol. The van der Waals surface area contributed by atoms with Crippen LogP contribution in [0.15, 0.2) is 0 Å². The molecule has 168 valence electrons. The van der Waals surface area contributed by atoms with E-state index in [0.717, 1.165) is 25.7 Å². The number of ether oxygens (including phenoxy) is 1. The quantitative estimate of drug-likeness (QED) is 0.471. The minimum Gasteiger partial charge on any atom is -0.459 e. The van der Waals surface area contributed by atoms with Gasteiger partial charge in [-0.3, -0.25) is 9.59 Å². The molecule has 0 bridgehead atoms. The molecule has 30 heavy (non-hydrogen) atoms. The summed E-state index contributed by atoms with van der Waals surface area (Å²) in [4.78, 5) is 42.9. The Morgan fingerprint density at radius 1 is 1.20 bits per heavy atom. The summed E-state index contributed by atoms with van der Waals surface area (Å²) in [6.07, 6.45) is 5.82. The molecule has 2 heterocycles. The van der Waals surface area contributed by atoms with Gasteiger partial charge in [-0.05, 0) is 52.5 Å². The van der Waals surface area contributed by atoms with Gasteiger partial charge in [-0.1, -0.05) is 26.2 Å². The zero-order valence-electron chi connectivity index (χ0n) is 19.1. The molecule has 0 radical (unpaired) electrons. The Hall–Kier alpha value is -2.31. The lowest BCUT2D eigenvalue weighted by atomic mass is 9.96. The normalized spacial score (nSPS) is 16.6. The third kappa shape index (κ3) is 6.09. The second-order valence-corrected chi connectivity index (χ2v) is 8.52. The Kier molecular flexibility index (Phi) is 8.93. The molecule has 1 atom stereocenters. The van der Waals surface area contributed by atoms with Crippen LogP contribution in [0.1, 0.15) is 91.4 Å². The predicted octanol–water partition coefficient (Wildman–Crippen LogP) is 3.75. The zero-order chi connectivity index (χ0) is 22.3. The van der Waals surface area contributed by atoms with E-state index in [1.165, 1.54) is 12.8 Å². The van der Waals surface area contributed by atoms with E-state index in [1.54, 1.807) is 32.6 Å². The van der Waals surface area contributed by atoms with Gasteiger partial charge in [-0.15, -0.1) is 0 Å². The average molecular weight is 420 g/mol. The van der Waals surface area contributed by atoms with Gasteiger partial charge in [0.15, 0.2) is 0 Å². The van der Waals surface area contributed by atoms with E-state index < -0.39 is 5.97 Å². The number of hydrogen-bond donors (Lipinski definition) is 2. The molecule has 1 fully saturated rings. The van der Waals surface area contributed by atoms with Crippen LogP contribution in [0.3, 0.4) is 0 Å². The van der Waals surface area contributed by atoms with Gasteiger partial charge in [0.2, 0.25) is 5.91 Å². The number of piperidine rings is 1. The lowest BCUT2D eigenvalue weighted by molar-refractivity contribution is -0.126. The Labute approximate surface area is 179 Å². The molecule has 1 saturated heterocycles. The van der Waals surface area contributed by atoms with Crippen LogP contribution < -0.4 is 5.32 Å². The molecule has 2 amide bonds. The fourth-order valence-electron chi connectivity index (χ4n) is 3.98. The molecule has 0 unspecified atom stereocenters. The van der Waals surface area contributed by atoms with Crippen molar-refractivity contribution in [3.63, 3.8) is 0 Å². The van der Waals surface area contributed by atoms with Gasteiger partial charge in [0, 0.05) is 25.3 Å². The van der Waals surface area contributed by atoms with Crippen LogP contribution in [0.25, 0.3) is 0 Å². The molecule has 2 rings (SSSR count). The first-order chi connectivity index (χ1) is 14.3. The van der Waals surface area contributed by atoms with Gasteiger partial charge in [0.25, 0.3) is 5.91 Å². The molecule has 1 aromatic heterocycles. The molecule has 1 aromatic rings. The Balaban J connectivity index is 2.01. The van der Waals surface area contributed by atoms with Gasteiger partial charge >= 0.3 is 5.97 Å². The number of aromatic nitrogens is 1. The number of aromatic amines is 1. The summed E-state index contributed by atoms with van der Waals surface area (Å²) < 4.78 is 5.31. The highest BCUT2D eigenvalue weighted by atomic mass is 16.5. The number of nitrogens with one attached hydrogen (secondary N) is 2. The molecule has 0 spiro atoms. The maximum atomic E-state index is 13.1. The van der Waals surface area contributed by atoms with Crippen molar-refractivity contribution in [2.45, 2.75) is 79.2 Å². The van der Waals surface area contributed by atoms with Crippen molar-refractivity contribution < 1.29 is 19.1 Å². The fraction of sp³-hybridized carbons (Fsp3) is 0.696. The molecule has 0 aromatic carbocycles. The number of carbonyl (C=O) groups is 3. The Bertz CT molecular complexity index is 754. The van der Waals surface area contributed by atoms with Crippen LogP contribution >= 0.6 is 0 Å². The number of H-pyrrole nitrogens is 1. The molecular formula is C23H37N3O4. The van der Waals surface area contributed by atoms with Crippen LogP contribution in [-0.4, -0.2) is 53.4 Å². The van der Waals surface area contributed by atoms with Crippen molar-refractivity contribution in [2.75, 3.05) is 19.6 Å². The number of nitrogens with zero attached hydrogens (tertiary/aromatic N) is 1. The molecule has 0 saturated carbocycles. The van der Waals surface area contributed by atoms with Gasteiger partial charge < -0.3 is 19.9 Å². The Morgan fingerprint density at radius 2 is 1.93 bits per heavy atom. The van der Waals surface area contributed by atoms with E-state index in [0.29, 0.717) is 42.1 Å². The number of unbranched alkanes of at least 4 members (excludes halogenated alkanes) is 3. The maximum absolute atomic E-state index is 13.1. The number of amides is 2. The van der Waals surface area contributed by atoms with Gasteiger partial charge in [0.05, 0.1) is 17.6 Å². The maximum Gasteiger partial charge on any atom is 0.340 e. The van der Waals surface area contributed by atoms with Crippen LogP contribution in [0, 0.1) is 19.8 Å². The van der Waals surface area contributed by atoms with Crippen LogP contribution in [0.5, 0.6) is 0 Å². The van der Waals surface area contributed by atoms with E-state index >= 15 is 0 Å². The van der Waals surface area contributed by atoms with Crippen molar-refractivity contribution in [3.05, 3.63) is 22.5 Å². The molecule has 0 aliphatic carbocycles. The smallest absolute Gasteiger partial charge is 0.340 e. The molecule has 1 aliphatic rings. The molecule has 2 N–H and O–H groups in total. The highest BCUT2D eigenvalue weighted by Crippen LogP contribution is 2.24. The standard InChI is InChI=1S/C23H37N3O4/c1-6-7-8-9-12-24-21(27)18-11-10-13-26(14-18)22(28)20-16(4)19(17(5)25-20)23(29)30-15(2)3/h15,18,25H,6-14H2,1-5H3,(H,24,27)/t18-/m0/s1. The zero-order valence-corrected chi connectivity index (χ0v) is 19.1. The van der Waals surface area contributed by atoms with Gasteiger partial charge in [0.1, 0.15) is 5.69 Å². The summed E-state index contributed by atoms with van der Waals surface area (Å²) in [5, 5.41) is 3.02. The third-order valence-corrected chi connectivity index (χ3v) is 5.61. The van der Waals surface area contributed by atoms with E-state index in [9.17, 15) is 14.4 Å². The summed E-state index contributed by atoms with van der Waals surface area (Å²) >= 11 is 0. The van der Waals surface area contributed by atoms with E-state index in [1.807, 2.05) is 0 Å². The van der Waals surface area contributed by atoms with Gasteiger partial charge in [-0.25, -0.2) is 4.79 Å². The fourth-order valence-corrected chi connectivity index (χ4v) is 3.98. The van der Waals surface area contributed by atoms with Crippen molar-refractivity contribution in [2.24, 2.45) is 5.92 Å². The number of aryl methyl sites for hydroxylation is 1. The molecule has 7 heteroatoms. The second kappa shape index (κ2) is 11.2. The third-order valence-electron chi connectivity index (χ3n) is 5.61. The Morgan fingerprint density at radius 3 is 2.60 bits per heavy atom. The second-order valence-electron chi connectivity index (χ2n) is 8.52. The molecule has 1 aliphatic heterocycles. The predicted molar refractivity (Wildman–Crippen MR) is 117 cm³/mol. The largest absolute Gasteiger partial charge is 0.459 e. The van der Waals surface area contributed by atoms with Crippen LogP contribution in [-0.2, 0) is 9.53 Å². The lowest BCUT2D eigenvalue weighted by Gasteiger charge is -2.32. The first-order valence-electron chi connectivity index (χ1n) is 11.2. The first kappa shape index (κ1) is 24.0. The van der Waals surface area contributed by atoms with Crippen molar-refractivity contribution in [1.82, 2.24) is 15.2 Å². The first-order valence-corrected chi connectivity index (χ1v) is 11.2. The van der Waals surface area contributed by atoms with E-state index in [-0.39, 0.29) is 23.8 Å². The number of hydrogen-bond acceptors (Lipinski definition) is 4. The SMILES string of the molecule is CCCCCCNC(=O)[C@H]1CCCN(C(=O)c2[nH]c(C)c(C(=O)OC(C)C)c2C)C1.